The number of carbonyl (C=O) groups excluding carboxylic acids is 2. The second-order valence-electron chi connectivity index (χ2n) is 3.27. The predicted octanol–water partition coefficient (Wildman–Crippen LogP) is 2.00. The van der Waals surface area contributed by atoms with Crippen molar-refractivity contribution in [2.75, 3.05) is 19.1 Å². The Bertz CT molecular complexity index is 502. The Morgan fingerprint density at radius 3 is 2.68 bits per heavy atom. The second-order valence-corrected chi connectivity index (χ2v) is 3.63. The number of benzene rings is 1. The summed E-state index contributed by atoms with van der Waals surface area (Å²) >= 11 is 5.62. The summed E-state index contributed by atoms with van der Waals surface area (Å²) in [5.41, 5.74) is 3.17. The first-order chi connectivity index (χ1) is 9.10. The summed E-state index contributed by atoms with van der Waals surface area (Å²) < 4.78 is 9.28. The van der Waals surface area contributed by atoms with Gasteiger partial charge in [0.1, 0.15) is 0 Å². The molecule has 1 N–H and O–H groups in total. The molecule has 7 heteroatoms. The fourth-order valence-corrected chi connectivity index (χ4v) is 1.31. The number of para-hydroxylation sites is 1. The number of hydrogen-bond donors (Lipinski definition) is 1. The van der Waals surface area contributed by atoms with E-state index in [1.165, 1.54) is 7.11 Å². The molecule has 1 rings (SSSR count). The molecule has 0 atom stereocenters. The van der Waals surface area contributed by atoms with Gasteiger partial charge in [-0.25, -0.2) is 9.59 Å². The van der Waals surface area contributed by atoms with Crippen LogP contribution in [0, 0.1) is 0 Å². The van der Waals surface area contributed by atoms with Crippen LogP contribution in [-0.4, -0.2) is 30.8 Å². The monoisotopic (exact) mass is 284 g/mol. The molecular weight excluding hydrogens is 272 g/mol. The fourth-order valence-electron chi connectivity index (χ4n) is 1.21. The zero-order chi connectivity index (χ0) is 14.3. The highest BCUT2D eigenvalue weighted by Gasteiger charge is 2.12. The maximum absolute atomic E-state index is 11.5. The molecule has 0 bridgehead atoms. The van der Waals surface area contributed by atoms with Gasteiger partial charge in [-0.3, -0.25) is 5.43 Å². The number of halogens is 1. The van der Waals surface area contributed by atoms with E-state index < -0.39 is 11.9 Å². The lowest BCUT2D eigenvalue weighted by molar-refractivity contribution is -0.134. The van der Waals surface area contributed by atoms with Crippen LogP contribution < -0.4 is 5.43 Å². The molecule has 1 aromatic rings. The molecule has 1 aromatic carbocycles. The van der Waals surface area contributed by atoms with Crippen molar-refractivity contribution >= 4 is 34.4 Å². The molecule has 0 aliphatic rings. The fraction of sp³-hybridized carbons (Fsp3) is 0.250. The molecule has 0 unspecified atom stereocenters. The van der Waals surface area contributed by atoms with E-state index in [1.54, 1.807) is 31.2 Å². The average molecular weight is 285 g/mol. The number of hydrogen-bond acceptors (Lipinski definition) is 6. The first-order valence-corrected chi connectivity index (χ1v) is 5.81. The van der Waals surface area contributed by atoms with E-state index in [0.717, 1.165) is 0 Å². The van der Waals surface area contributed by atoms with Crippen molar-refractivity contribution in [2.24, 2.45) is 5.10 Å². The molecular formula is C12H13ClN2O4. The summed E-state index contributed by atoms with van der Waals surface area (Å²) in [4.78, 5) is 22.7. The molecule has 0 spiro atoms. The Morgan fingerprint density at radius 2 is 2.05 bits per heavy atom. The average Bonchev–Trinajstić information content (AvgIpc) is 2.44. The maximum atomic E-state index is 11.5. The number of esters is 2. The zero-order valence-electron chi connectivity index (χ0n) is 10.5. The number of ether oxygens (including phenoxy) is 2. The highest BCUT2D eigenvalue weighted by molar-refractivity contribution is 6.82. The van der Waals surface area contributed by atoms with Gasteiger partial charge in [0.15, 0.2) is 0 Å². The SMILES string of the molecule is CCOC(=O)/C(Cl)=N\Nc1ccccc1C(=O)OC. The largest absolute Gasteiger partial charge is 0.465 e. The van der Waals surface area contributed by atoms with Gasteiger partial charge in [-0.1, -0.05) is 23.7 Å². The van der Waals surface area contributed by atoms with Crippen LogP contribution in [0.25, 0.3) is 0 Å². The molecule has 0 saturated heterocycles. The topological polar surface area (TPSA) is 77.0 Å². The minimum absolute atomic E-state index is 0.198. The molecule has 0 aliphatic heterocycles. The zero-order valence-corrected chi connectivity index (χ0v) is 11.2. The minimum Gasteiger partial charge on any atom is -0.465 e. The van der Waals surface area contributed by atoms with Gasteiger partial charge < -0.3 is 9.47 Å². The van der Waals surface area contributed by atoms with E-state index in [9.17, 15) is 9.59 Å². The molecule has 0 fully saturated rings. The molecule has 0 radical (unpaired) electrons. The molecule has 0 amide bonds. The van der Waals surface area contributed by atoms with Crippen LogP contribution >= 0.6 is 11.6 Å². The van der Waals surface area contributed by atoms with Crippen LogP contribution in [0.4, 0.5) is 5.69 Å². The van der Waals surface area contributed by atoms with Crippen molar-refractivity contribution in [3.05, 3.63) is 29.8 Å². The standard InChI is InChI=1S/C12H13ClN2O4/c1-3-19-12(17)10(13)15-14-9-7-5-4-6-8(9)11(16)18-2/h4-7,14H,3H2,1-2H3/b15-10+. The van der Waals surface area contributed by atoms with Crippen molar-refractivity contribution in [2.45, 2.75) is 6.92 Å². The number of carbonyl (C=O) groups is 2. The van der Waals surface area contributed by atoms with Crippen molar-refractivity contribution in [1.82, 2.24) is 0 Å². The Balaban J connectivity index is 2.86. The summed E-state index contributed by atoms with van der Waals surface area (Å²) in [5, 5.41) is 3.28. The molecule has 0 saturated carbocycles. The van der Waals surface area contributed by atoms with Gasteiger partial charge in [0.2, 0.25) is 5.17 Å². The summed E-state index contributed by atoms with van der Waals surface area (Å²) in [6.45, 7) is 1.85. The van der Waals surface area contributed by atoms with Crippen LogP contribution in [0.15, 0.2) is 29.4 Å². The lowest BCUT2D eigenvalue weighted by Gasteiger charge is -2.06. The third-order valence-corrected chi connectivity index (χ3v) is 2.29. The Hall–Kier alpha value is -2.08. The summed E-state index contributed by atoms with van der Waals surface area (Å²) in [5.74, 6) is -1.27. The van der Waals surface area contributed by atoms with Crippen molar-refractivity contribution in [3.8, 4) is 0 Å². The first kappa shape index (κ1) is 15.0. The number of nitrogens with one attached hydrogen (secondary N) is 1. The second kappa shape index (κ2) is 7.38. The quantitative estimate of drug-likeness (QED) is 0.508. The number of anilines is 1. The van der Waals surface area contributed by atoms with Crippen LogP contribution in [0.3, 0.4) is 0 Å². The molecule has 102 valence electrons. The number of nitrogens with zero attached hydrogens (tertiary/aromatic N) is 1. The van der Waals surface area contributed by atoms with E-state index in [2.05, 4.69) is 20.0 Å². The molecule has 19 heavy (non-hydrogen) atoms. The first-order valence-electron chi connectivity index (χ1n) is 5.43. The predicted molar refractivity (Wildman–Crippen MR) is 71.3 cm³/mol. The highest BCUT2D eigenvalue weighted by atomic mass is 35.5. The Morgan fingerprint density at radius 1 is 1.37 bits per heavy atom. The Kier molecular flexibility index (Phi) is 5.81. The van der Waals surface area contributed by atoms with Crippen LogP contribution in [0.1, 0.15) is 17.3 Å². The normalized spacial score (nSPS) is 10.8. The van der Waals surface area contributed by atoms with Crippen molar-refractivity contribution in [3.63, 3.8) is 0 Å². The van der Waals surface area contributed by atoms with Gasteiger partial charge in [-0.2, -0.15) is 5.10 Å². The van der Waals surface area contributed by atoms with Crippen LogP contribution in [-0.2, 0) is 14.3 Å². The van der Waals surface area contributed by atoms with E-state index >= 15 is 0 Å². The van der Waals surface area contributed by atoms with Gasteiger partial charge in [-0.05, 0) is 19.1 Å². The van der Waals surface area contributed by atoms with Gasteiger partial charge in [0, 0.05) is 0 Å². The Labute approximate surface area is 115 Å². The summed E-state index contributed by atoms with van der Waals surface area (Å²) in [6.07, 6.45) is 0. The summed E-state index contributed by atoms with van der Waals surface area (Å²) in [7, 11) is 1.27. The summed E-state index contributed by atoms with van der Waals surface area (Å²) in [6, 6.07) is 6.53. The van der Waals surface area contributed by atoms with Gasteiger partial charge >= 0.3 is 11.9 Å². The van der Waals surface area contributed by atoms with Crippen molar-refractivity contribution in [1.29, 1.82) is 0 Å². The molecule has 6 nitrogen and oxygen atoms in total. The van der Waals surface area contributed by atoms with Crippen LogP contribution in [0.2, 0.25) is 0 Å². The third-order valence-electron chi connectivity index (χ3n) is 2.05. The van der Waals surface area contributed by atoms with E-state index in [1.807, 2.05) is 0 Å². The van der Waals surface area contributed by atoms with Crippen LogP contribution in [0.5, 0.6) is 0 Å². The lowest BCUT2D eigenvalue weighted by atomic mass is 10.2. The van der Waals surface area contributed by atoms with E-state index in [0.29, 0.717) is 5.69 Å². The number of rotatable bonds is 5. The smallest absolute Gasteiger partial charge is 0.370 e. The lowest BCUT2D eigenvalue weighted by Crippen LogP contribution is -2.14. The molecule has 0 aliphatic carbocycles. The van der Waals surface area contributed by atoms with E-state index in [-0.39, 0.29) is 17.3 Å². The highest BCUT2D eigenvalue weighted by Crippen LogP contribution is 2.16. The molecule has 0 heterocycles. The van der Waals surface area contributed by atoms with E-state index in [4.69, 9.17) is 11.6 Å². The molecule has 0 aromatic heterocycles. The number of methoxy groups -OCH3 is 1. The number of hydrazone groups is 1. The van der Waals surface area contributed by atoms with Gasteiger partial charge in [0.25, 0.3) is 0 Å². The minimum atomic E-state index is -0.743. The van der Waals surface area contributed by atoms with Crippen molar-refractivity contribution < 1.29 is 19.1 Å². The van der Waals surface area contributed by atoms with Gasteiger partial charge in [-0.15, -0.1) is 0 Å². The maximum Gasteiger partial charge on any atom is 0.370 e. The van der Waals surface area contributed by atoms with Gasteiger partial charge in [0.05, 0.1) is 25.0 Å². The third kappa shape index (κ3) is 4.26.